The fourth-order valence-electron chi connectivity index (χ4n) is 3.75. The van der Waals surface area contributed by atoms with E-state index < -0.39 is 11.8 Å². The van der Waals surface area contributed by atoms with E-state index in [1.54, 1.807) is 11.6 Å². The van der Waals surface area contributed by atoms with E-state index in [9.17, 15) is 14.7 Å². The molecule has 2 rings (SSSR count). The van der Waals surface area contributed by atoms with Gasteiger partial charge in [0.15, 0.2) is 11.2 Å². The van der Waals surface area contributed by atoms with E-state index in [2.05, 4.69) is 9.97 Å². The lowest BCUT2D eigenvalue weighted by Crippen LogP contribution is -2.29. The number of hydrogen-bond acceptors (Lipinski definition) is 5. The van der Waals surface area contributed by atoms with Crippen molar-refractivity contribution in [3.8, 4) is 0 Å². The molecule has 2 aromatic rings. The normalized spacial score (nSPS) is 12.7. The highest BCUT2D eigenvalue weighted by atomic mass is 16.3. The molecule has 0 saturated carbocycles. The summed E-state index contributed by atoms with van der Waals surface area (Å²) in [6.45, 7) is -0.130. The minimum Gasteiger partial charge on any atom is -0.394 e. The quantitative estimate of drug-likeness (QED) is 0.415. The number of imidazole rings is 1. The van der Waals surface area contributed by atoms with Crippen LogP contribution in [0.4, 0.5) is 0 Å². The Morgan fingerprint density at radius 2 is 1.45 bits per heavy atom. The van der Waals surface area contributed by atoms with Crippen molar-refractivity contribution in [1.82, 2.24) is 19.1 Å². The molecule has 0 bridgehead atoms. The van der Waals surface area contributed by atoms with Gasteiger partial charge in [0.1, 0.15) is 5.82 Å². The van der Waals surface area contributed by atoms with Crippen LogP contribution in [0.1, 0.15) is 76.5 Å². The number of hydrogen-bond donors (Lipinski definition) is 3. The van der Waals surface area contributed by atoms with E-state index in [4.69, 9.17) is 5.11 Å². The molecule has 2 heterocycles. The molecule has 0 amide bonds. The zero-order chi connectivity index (χ0) is 21.2. The Morgan fingerprint density at radius 1 is 0.897 bits per heavy atom. The molecule has 3 N–H and O–H groups in total. The SMILES string of the molecule is Cn1c(CCCCCCCCCCCCC(O)CO)nc2c1c(=O)[nH]c(=O)n2C. The van der Waals surface area contributed by atoms with E-state index in [0.717, 1.165) is 37.9 Å². The molecule has 8 nitrogen and oxygen atoms in total. The Morgan fingerprint density at radius 3 is 2.03 bits per heavy atom. The number of aliphatic hydroxyl groups excluding tert-OH is 2. The summed E-state index contributed by atoms with van der Waals surface area (Å²) in [5, 5.41) is 18.0. The van der Waals surface area contributed by atoms with Gasteiger partial charge in [-0.05, 0) is 12.8 Å². The van der Waals surface area contributed by atoms with Gasteiger partial charge in [-0.2, -0.15) is 0 Å². The number of aliphatic hydroxyl groups is 2. The summed E-state index contributed by atoms with van der Waals surface area (Å²) >= 11 is 0. The summed E-state index contributed by atoms with van der Waals surface area (Å²) in [5.74, 6) is 0.845. The van der Waals surface area contributed by atoms with Crippen molar-refractivity contribution in [1.29, 1.82) is 0 Å². The molecule has 0 radical (unpaired) electrons. The smallest absolute Gasteiger partial charge is 0.329 e. The van der Waals surface area contributed by atoms with Gasteiger partial charge in [0.2, 0.25) is 0 Å². The van der Waals surface area contributed by atoms with Crippen LogP contribution < -0.4 is 11.2 Å². The minimum absolute atomic E-state index is 0.130. The molecule has 0 fully saturated rings. The first-order chi connectivity index (χ1) is 14.0. The van der Waals surface area contributed by atoms with Gasteiger partial charge in [-0.15, -0.1) is 0 Å². The topological polar surface area (TPSA) is 113 Å². The molecule has 2 aromatic heterocycles. The number of nitrogens with one attached hydrogen (secondary N) is 1. The number of H-pyrrole nitrogens is 1. The van der Waals surface area contributed by atoms with E-state index in [-0.39, 0.29) is 12.2 Å². The molecule has 0 spiro atoms. The van der Waals surface area contributed by atoms with Crippen LogP contribution in [0.2, 0.25) is 0 Å². The summed E-state index contributed by atoms with van der Waals surface area (Å²) < 4.78 is 3.18. The molecule has 0 saturated heterocycles. The molecular formula is C21H36N4O4. The average molecular weight is 409 g/mol. The second kappa shape index (κ2) is 11.9. The van der Waals surface area contributed by atoms with Crippen molar-refractivity contribution < 1.29 is 10.2 Å². The average Bonchev–Trinajstić information content (AvgIpc) is 3.03. The van der Waals surface area contributed by atoms with Gasteiger partial charge in [-0.1, -0.05) is 57.8 Å². The Balaban J connectivity index is 1.59. The maximum atomic E-state index is 12.0. The summed E-state index contributed by atoms with van der Waals surface area (Å²) in [5.41, 5.74) is 0.0823. The lowest BCUT2D eigenvalue weighted by Gasteiger charge is -2.06. The molecule has 164 valence electrons. The van der Waals surface area contributed by atoms with Gasteiger partial charge in [0.05, 0.1) is 12.7 Å². The molecule has 29 heavy (non-hydrogen) atoms. The Bertz CT molecular complexity index is 868. The van der Waals surface area contributed by atoms with Gasteiger partial charge in [0.25, 0.3) is 5.56 Å². The van der Waals surface area contributed by atoms with Crippen LogP contribution in [-0.4, -0.2) is 42.0 Å². The van der Waals surface area contributed by atoms with Crippen molar-refractivity contribution in [3.63, 3.8) is 0 Å². The summed E-state index contributed by atoms with van der Waals surface area (Å²) in [4.78, 5) is 30.6. The van der Waals surface area contributed by atoms with Crippen LogP contribution in [-0.2, 0) is 20.5 Å². The van der Waals surface area contributed by atoms with Crippen LogP contribution in [0.15, 0.2) is 9.59 Å². The number of aryl methyl sites for hydroxylation is 3. The van der Waals surface area contributed by atoms with Crippen molar-refractivity contribution >= 4 is 11.2 Å². The molecule has 1 atom stereocenters. The number of nitrogens with zero attached hydrogens (tertiary/aromatic N) is 3. The maximum absolute atomic E-state index is 12.0. The van der Waals surface area contributed by atoms with Crippen LogP contribution in [0.5, 0.6) is 0 Å². The summed E-state index contributed by atoms with van der Waals surface area (Å²) in [6.07, 6.45) is 12.6. The minimum atomic E-state index is -0.549. The van der Waals surface area contributed by atoms with Crippen LogP contribution >= 0.6 is 0 Å². The number of aromatic amines is 1. The third-order valence-electron chi connectivity index (χ3n) is 5.63. The molecule has 0 aliphatic carbocycles. The highest BCUT2D eigenvalue weighted by Gasteiger charge is 2.14. The first-order valence-electron chi connectivity index (χ1n) is 10.9. The first-order valence-corrected chi connectivity index (χ1v) is 10.9. The Labute approximate surface area is 171 Å². The van der Waals surface area contributed by atoms with Gasteiger partial charge in [0, 0.05) is 20.5 Å². The second-order valence-electron chi connectivity index (χ2n) is 7.99. The fourth-order valence-corrected chi connectivity index (χ4v) is 3.75. The zero-order valence-electron chi connectivity index (χ0n) is 17.8. The molecule has 0 aromatic carbocycles. The van der Waals surface area contributed by atoms with Crippen molar-refractivity contribution in [3.05, 3.63) is 26.7 Å². The van der Waals surface area contributed by atoms with Crippen molar-refractivity contribution in [2.75, 3.05) is 6.61 Å². The van der Waals surface area contributed by atoms with Crippen LogP contribution in [0.25, 0.3) is 11.2 Å². The Kier molecular flexibility index (Phi) is 9.60. The van der Waals surface area contributed by atoms with Gasteiger partial charge in [-0.3, -0.25) is 14.3 Å². The lowest BCUT2D eigenvalue weighted by atomic mass is 10.0. The van der Waals surface area contributed by atoms with E-state index in [1.165, 1.54) is 43.1 Å². The maximum Gasteiger partial charge on any atom is 0.329 e. The Hall–Kier alpha value is -1.93. The van der Waals surface area contributed by atoms with Gasteiger partial charge >= 0.3 is 5.69 Å². The summed E-state index contributed by atoms with van der Waals surface area (Å²) in [6, 6.07) is 0. The number of fused-ring (bicyclic) bond motifs is 1. The first kappa shape index (κ1) is 23.3. The molecule has 1 unspecified atom stereocenters. The van der Waals surface area contributed by atoms with Gasteiger partial charge in [-0.25, -0.2) is 9.78 Å². The number of aromatic nitrogens is 4. The lowest BCUT2D eigenvalue weighted by molar-refractivity contribution is 0.0860. The largest absolute Gasteiger partial charge is 0.394 e. The standard InChI is InChI=1S/C21H36N4O4/c1-24-17(22-19-18(24)20(28)23-21(29)25(19)2)14-12-10-8-6-4-3-5-7-9-11-13-16(27)15-26/h16,26-27H,3-15H2,1-2H3,(H,23,28,29). The third-order valence-corrected chi connectivity index (χ3v) is 5.63. The monoisotopic (exact) mass is 408 g/mol. The summed E-state index contributed by atoms with van der Waals surface area (Å²) in [7, 11) is 3.45. The predicted octanol–water partition coefficient (Wildman–Crippen LogP) is 2.15. The van der Waals surface area contributed by atoms with E-state index >= 15 is 0 Å². The third kappa shape index (κ3) is 6.82. The van der Waals surface area contributed by atoms with E-state index in [1.807, 2.05) is 7.05 Å². The van der Waals surface area contributed by atoms with Crippen molar-refractivity contribution in [2.24, 2.45) is 14.1 Å². The zero-order valence-corrected chi connectivity index (χ0v) is 17.8. The van der Waals surface area contributed by atoms with Crippen LogP contribution in [0, 0.1) is 0 Å². The molecule has 0 aliphatic heterocycles. The highest BCUT2D eigenvalue weighted by molar-refractivity contribution is 5.70. The van der Waals surface area contributed by atoms with Gasteiger partial charge < -0.3 is 14.8 Å². The number of unbranched alkanes of at least 4 members (excludes halogenated alkanes) is 9. The molecule has 0 aliphatic rings. The number of rotatable bonds is 14. The second-order valence-corrected chi connectivity index (χ2v) is 7.99. The van der Waals surface area contributed by atoms with E-state index in [0.29, 0.717) is 17.6 Å². The van der Waals surface area contributed by atoms with Crippen LogP contribution in [0.3, 0.4) is 0 Å². The predicted molar refractivity (Wildman–Crippen MR) is 114 cm³/mol. The molecular weight excluding hydrogens is 372 g/mol. The van der Waals surface area contributed by atoms with Crippen molar-refractivity contribution in [2.45, 2.75) is 83.2 Å². The fraction of sp³-hybridized carbons (Fsp3) is 0.762. The molecule has 8 heteroatoms. The highest BCUT2D eigenvalue weighted by Crippen LogP contribution is 2.14.